The molecular formula is C20H26N2O3. The summed E-state index contributed by atoms with van der Waals surface area (Å²) in [5.41, 5.74) is 2.96. The summed E-state index contributed by atoms with van der Waals surface area (Å²) in [6.07, 6.45) is 4.70. The van der Waals surface area contributed by atoms with Crippen LogP contribution in [0.15, 0.2) is 42.1 Å². The summed E-state index contributed by atoms with van der Waals surface area (Å²) < 4.78 is 13.5. The van der Waals surface area contributed by atoms with Gasteiger partial charge in [0.1, 0.15) is 0 Å². The van der Waals surface area contributed by atoms with Crippen molar-refractivity contribution in [3.63, 3.8) is 0 Å². The van der Waals surface area contributed by atoms with E-state index < -0.39 is 0 Å². The number of aryl methyl sites for hydroxylation is 1. The highest BCUT2D eigenvalue weighted by molar-refractivity contribution is 6.07. The highest BCUT2D eigenvalue weighted by Crippen LogP contribution is 2.21. The molecule has 1 N–H and O–H groups in total. The normalized spacial score (nSPS) is 20.4. The number of para-hydroxylation sites is 1. The standard InChI is InChI=1S/C20H26N2O3/c1-14(2)8-11-25-19-9-10-24-13-17(19)21-20(23)16-12-22(3)18-7-5-4-6-15(16)18/h4-8,12,17,19H,9-11,13H2,1-3H3,(H,21,23)/t17-,19+/m0/s1. The highest BCUT2D eigenvalue weighted by Gasteiger charge is 2.28. The molecule has 1 aliphatic rings. The highest BCUT2D eigenvalue weighted by atomic mass is 16.5. The molecule has 0 aliphatic carbocycles. The summed E-state index contributed by atoms with van der Waals surface area (Å²) in [5, 5.41) is 4.07. The maximum Gasteiger partial charge on any atom is 0.253 e. The van der Waals surface area contributed by atoms with Crippen molar-refractivity contribution in [3.8, 4) is 0 Å². The summed E-state index contributed by atoms with van der Waals surface area (Å²) in [6, 6.07) is 7.79. The lowest BCUT2D eigenvalue weighted by atomic mass is 10.1. The maximum atomic E-state index is 12.8. The molecule has 5 nitrogen and oxygen atoms in total. The zero-order chi connectivity index (χ0) is 17.8. The molecule has 1 aromatic carbocycles. The van der Waals surface area contributed by atoms with Crippen LogP contribution < -0.4 is 5.32 Å². The molecule has 25 heavy (non-hydrogen) atoms. The van der Waals surface area contributed by atoms with E-state index in [9.17, 15) is 4.79 Å². The average Bonchev–Trinajstić information content (AvgIpc) is 2.94. The van der Waals surface area contributed by atoms with Crippen LogP contribution in [-0.2, 0) is 16.5 Å². The molecule has 1 fully saturated rings. The monoisotopic (exact) mass is 342 g/mol. The molecule has 2 atom stereocenters. The number of fused-ring (bicyclic) bond motifs is 1. The lowest BCUT2D eigenvalue weighted by molar-refractivity contribution is -0.0457. The van der Waals surface area contributed by atoms with E-state index in [2.05, 4.69) is 11.4 Å². The Kier molecular flexibility index (Phi) is 5.56. The first-order valence-corrected chi connectivity index (χ1v) is 8.74. The van der Waals surface area contributed by atoms with Crippen LogP contribution in [0.2, 0.25) is 0 Å². The van der Waals surface area contributed by atoms with Crippen LogP contribution in [0, 0.1) is 0 Å². The third kappa shape index (κ3) is 4.11. The third-order valence-electron chi connectivity index (χ3n) is 4.55. The van der Waals surface area contributed by atoms with Gasteiger partial charge in [0, 0.05) is 30.8 Å². The topological polar surface area (TPSA) is 52.5 Å². The molecule has 0 spiro atoms. The van der Waals surface area contributed by atoms with Crippen molar-refractivity contribution < 1.29 is 14.3 Å². The summed E-state index contributed by atoms with van der Waals surface area (Å²) in [5.74, 6) is -0.0804. The number of rotatable bonds is 5. The number of carbonyl (C=O) groups is 1. The zero-order valence-corrected chi connectivity index (χ0v) is 15.1. The van der Waals surface area contributed by atoms with Crippen molar-refractivity contribution in [2.75, 3.05) is 19.8 Å². The summed E-state index contributed by atoms with van der Waals surface area (Å²) in [7, 11) is 1.95. The Balaban J connectivity index is 1.72. The first kappa shape index (κ1) is 17.7. The fourth-order valence-electron chi connectivity index (χ4n) is 3.16. The number of allylic oxidation sites excluding steroid dienone is 1. The Hall–Kier alpha value is -2.11. The van der Waals surface area contributed by atoms with E-state index in [1.165, 1.54) is 5.57 Å². The molecule has 5 heteroatoms. The van der Waals surface area contributed by atoms with E-state index in [0.717, 1.165) is 17.3 Å². The van der Waals surface area contributed by atoms with E-state index >= 15 is 0 Å². The van der Waals surface area contributed by atoms with Crippen molar-refractivity contribution in [1.82, 2.24) is 9.88 Å². The van der Waals surface area contributed by atoms with Crippen LogP contribution in [0.4, 0.5) is 0 Å². The first-order valence-electron chi connectivity index (χ1n) is 8.74. The number of benzene rings is 1. The molecule has 1 aliphatic heterocycles. The third-order valence-corrected chi connectivity index (χ3v) is 4.55. The van der Waals surface area contributed by atoms with Gasteiger partial charge in [-0.25, -0.2) is 0 Å². The van der Waals surface area contributed by atoms with Gasteiger partial charge < -0.3 is 19.4 Å². The molecular weight excluding hydrogens is 316 g/mol. The minimum Gasteiger partial charge on any atom is -0.379 e. The van der Waals surface area contributed by atoms with Gasteiger partial charge in [-0.2, -0.15) is 0 Å². The van der Waals surface area contributed by atoms with Gasteiger partial charge in [-0.15, -0.1) is 0 Å². The van der Waals surface area contributed by atoms with Crippen molar-refractivity contribution in [2.24, 2.45) is 7.05 Å². The molecule has 0 unspecified atom stereocenters. The minimum absolute atomic E-state index is 0.0247. The Bertz CT molecular complexity index is 774. The van der Waals surface area contributed by atoms with Gasteiger partial charge in [0.15, 0.2) is 0 Å². The van der Waals surface area contributed by atoms with Gasteiger partial charge in [0.05, 0.1) is 30.9 Å². The van der Waals surface area contributed by atoms with Gasteiger partial charge in [0.2, 0.25) is 0 Å². The predicted octanol–water partition coefficient (Wildman–Crippen LogP) is 3.05. The van der Waals surface area contributed by atoms with E-state index in [1.54, 1.807) is 0 Å². The molecule has 3 rings (SSSR count). The Morgan fingerprint density at radius 3 is 3.00 bits per heavy atom. The number of carbonyl (C=O) groups excluding carboxylic acids is 1. The molecule has 0 saturated carbocycles. The number of hydrogen-bond donors (Lipinski definition) is 1. The summed E-state index contributed by atoms with van der Waals surface area (Å²) >= 11 is 0. The molecule has 1 aromatic heterocycles. The molecule has 2 aromatic rings. The van der Waals surface area contributed by atoms with E-state index in [0.29, 0.717) is 25.4 Å². The minimum atomic E-state index is -0.134. The van der Waals surface area contributed by atoms with Crippen LogP contribution in [0.1, 0.15) is 30.6 Å². The lowest BCUT2D eigenvalue weighted by Crippen LogP contribution is -2.50. The summed E-state index contributed by atoms with van der Waals surface area (Å²) in [6.45, 7) is 5.81. The number of ether oxygens (including phenoxy) is 2. The fraction of sp³-hybridized carbons (Fsp3) is 0.450. The van der Waals surface area contributed by atoms with Crippen LogP contribution in [0.5, 0.6) is 0 Å². The maximum absolute atomic E-state index is 12.8. The number of nitrogens with one attached hydrogen (secondary N) is 1. The number of nitrogens with zero attached hydrogens (tertiary/aromatic N) is 1. The predicted molar refractivity (Wildman–Crippen MR) is 98.8 cm³/mol. The van der Waals surface area contributed by atoms with Crippen molar-refractivity contribution in [3.05, 3.63) is 47.7 Å². The largest absolute Gasteiger partial charge is 0.379 e. The Labute approximate surface area is 148 Å². The Morgan fingerprint density at radius 1 is 1.40 bits per heavy atom. The molecule has 1 saturated heterocycles. The second-order valence-electron chi connectivity index (χ2n) is 6.77. The van der Waals surface area contributed by atoms with Crippen molar-refractivity contribution in [2.45, 2.75) is 32.4 Å². The van der Waals surface area contributed by atoms with Gasteiger partial charge in [-0.3, -0.25) is 4.79 Å². The second-order valence-corrected chi connectivity index (χ2v) is 6.77. The molecule has 2 heterocycles. The van der Waals surface area contributed by atoms with E-state index in [-0.39, 0.29) is 18.1 Å². The first-order chi connectivity index (χ1) is 12.1. The molecule has 1 amide bonds. The molecule has 134 valence electrons. The molecule has 0 bridgehead atoms. The van der Waals surface area contributed by atoms with Crippen molar-refractivity contribution >= 4 is 16.8 Å². The van der Waals surface area contributed by atoms with Crippen LogP contribution in [0.25, 0.3) is 10.9 Å². The number of aromatic nitrogens is 1. The number of amides is 1. The summed E-state index contributed by atoms with van der Waals surface area (Å²) in [4.78, 5) is 12.8. The van der Waals surface area contributed by atoms with E-state index in [1.807, 2.05) is 55.9 Å². The van der Waals surface area contributed by atoms with Crippen LogP contribution in [-0.4, -0.2) is 42.4 Å². The quantitative estimate of drug-likeness (QED) is 0.850. The Morgan fingerprint density at radius 2 is 2.20 bits per heavy atom. The van der Waals surface area contributed by atoms with Crippen molar-refractivity contribution in [1.29, 1.82) is 0 Å². The van der Waals surface area contributed by atoms with Gasteiger partial charge in [0.25, 0.3) is 5.91 Å². The van der Waals surface area contributed by atoms with Gasteiger partial charge in [-0.1, -0.05) is 29.8 Å². The second kappa shape index (κ2) is 7.85. The average molecular weight is 342 g/mol. The van der Waals surface area contributed by atoms with Crippen LogP contribution in [0.3, 0.4) is 0 Å². The SMILES string of the molecule is CC(C)=CCO[C@@H]1CCOC[C@@H]1NC(=O)c1cn(C)c2ccccc12. The fourth-order valence-corrected chi connectivity index (χ4v) is 3.16. The molecule has 0 radical (unpaired) electrons. The lowest BCUT2D eigenvalue weighted by Gasteiger charge is -2.31. The van der Waals surface area contributed by atoms with E-state index in [4.69, 9.17) is 9.47 Å². The smallest absolute Gasteiger partial charge is 0.253 e. The number of hydrogen-bond acceptors (Lipinski definition) is 3. The van der Waals surface area contributed by atoms with Gasteiger partial charge >= 0.3 is 0 Å². The zero-order valence-electron chi connectivity index (χ0n) is 15.1. The van der Waals surface area contributed by atoms with Crippen LogP contribution >= 0.6 is 0 Å². The van der Waals surface area contributed by atoms with Gasteiger partial charge in [-0.05, 0) is 26.3 Å².